The number of amidine groups is 1. The summed E-state index contributed by atoms with van der Waals surface area (Å²) < 4.78 is 11.7. The van der Waals surface area contributed by atoms with Crippen LogP contribution in [0, 0.1) is 0 Å². The number of phenols is 1. The monoisotopic (exact) mass is 683 g/mol. The first-order valence-corrected chi connectivity index (χ1v) is 15.8. The molecular weight excluding hydrogens is 642 g/mol. The summed E-state index contributed by atoms with van der Waals surface area (Å²) in [6.07, 6.45) is -0.140. The number of benzene rings is 3. The molecule has 262 valence electrons. The van der Waals surface area contributed by atoms with Gasteiger partial charge >= 0.3 is 12.2 Å². The highest BCUT2D eigenvalue weighted by molar-refractivity contribution is 6.02. The molecule has 0 aliphatic heterocycles. The Morgan fingerprint density at radius 2 is 1.70 bits per heavy atom. The number of nitrogens with one attached hydrogen (secondary N) is 3. The Morgan fingerprint density at radius 3 is 2.36 bits per heavy atom. The van der Waals surface area contributed by atoms with Crippen molar-refractivity contribution in [2.75, 3.05) is 10.6 Å². The summed E-state index contributed by atoms with van der Waals surface area (Å²) >= 11 is 0. The second kappa shape index (κ2) is 16.3. The lowest BCUT2D eigenvalue weighted by atomic mass is 10.1. The normalized spacial score (nSPS) is 11.5. The molecule has 14 heteroatoms. The van der Waals surface area contributed by atoms with Gasteiger partial charge in [0.05, 0.1) is 11.9 Å². The van der Waals surface area contributed by atoms with E-state index in [1.54, 1.807) is 45.0 Å². The van der Waals surface area contributed by atoms with Crippen LogP contribution in [0.4, 0.5) is 21.1 Å². The molecule has 14 nitrogen and oxygen atoms in total. The molecule has 1 aromatic heterocycles. The van der Waals surface area contributed by atoms with Gasteiger partial charge in [-0.15, -0.1) is 0 Å². The maximum Gasteiger partial charge on any atom is 0.435 e. The van der Waals surface area contributed by atoms with Gasteiger partial charge in [0, 0.05) is 35.5 Å². The third-order valence-corrected chi connectivity index (χ3v) is 6.80. The van der Waals surface area contributed by atoms with Crippen LogP contribution in [0.2, 0.25) is 0 Å². The number of hydrogen-bond donors (Lipinski definition) is 5. The molecule has 6 N–H and O–H groups in total. The maximum atomic E-state index is 13.6. The Labute approximate surface area is 289 Å². The van der Waals surface area contributed by atoms with E-state index < -0.39 is 29.3 Å². The van der Waals surface area contributed by atoms with Gasteiger partial charge in [-0.3, -0.25) is 19.5 Å². The van der Waals surface area contributed by atoms with Crippen molar-refractivity contribution in [1.29, 1.82) is 0 Å². The molecule has 1 heterocycles. The van der Waals surface area contributed by atoms with E-state index in [0.717, 1.165) is 11.1 Å². The Morgan fingerprint density at radius 1 is 1.00 bits per heavy atom. The number of hydrogen-bond acceptors (Lipinski definition) is 9. The highest BCUT2D eigenvalue weighted by Crippen LogP contribution is 2.28. The largest absolute Gasteiger partial charge is 0.508 e. The van der Waals surface area contributed by atoms with Crippen LogP contribution in [0.3, 0.4) is 0 Å². The van der Waals surface area contributed by atoms with Crippen LogP contribution in [0.5, 0.6) is 5.75 Å². The van der Waals surface area contributed by atoms with Crippen LogP contribution in [-0.2, 0) is 34.0 Å². The van der Waals surface area contributed by atoms with Gasteiger partial charge in [0.15, 0.2) is 5.82 Å². The number of rotatable bonds is 11. The number of aromatic nitrogens is 2. The van der Waals surface area contributed by atoms with Crippen LogP contribution >= 0.6 is 0 Å². The van der Waals surface area contributed by atoms with E-state index in [-0.39, 0.29) is 54.5 Å². The van der Waals surface area contributed by atoms with Crippen molar-refractivity contribution in [3.8, 4) is 17.0 Å². The third-order valence-electron chi connectivity index (χ3n) is 6.80. The van der Waals surface area contributed by atoms with Crippen LogP contribution in [0.1, 0.15) is 51.3 Å². The van der Waals surface area contributed by atoms with Crippen LogP contribution < -0.4 is 27.2 Å². The van der Waals surface area contributed by atoms with Crippen molar-refractivity contribution in [3.05, 3.63) is 106 Å². The van der Waals surface area contributed by atoms with E-state index in [2.05, 4.69) is 25.9 Å². The molecule has 4 rings (SSSR count). The van der Waals surface area contributed by atoms with Gasteiger partial charge in [0.25, 0.3) is 5.56 Å². The number of aliphatic imine (C=N–C) groups is 1. The summed E-state index contributed by atoms with van der Waals surface area (Å²) in [6, 6.07) is 20.1. The minimum absolute atomic E-state index is 0.0227. The van der Waals surface area contributed by atoms with Crippen LogP contribution in [0.25, 0.3) is 11.3 Å². The molecule has 3 amide bonds. The van der Waals surface area contributed by atoms with E-state index in [9.17, 15) is 24.3 Å². The third kappa shape index (κ3) is 10.9. The first-order chi connectivity index (χ1) is 23.7. The van der Waals surface area contributed by atoms with Gasteiger partial charge in [-0.25, -0.2) is 14.6 Å². The number of amides is 3. The number of nitrogens with zero attached hydrogens (tertiary/aromatic N) is 3. The fraction of sp³-hybridized carbons (Fsp3) is 0.278. The van der Waals surface area contributed by atoms with Gasteiger partial charge in [-0.05, 0) is 57.9 Å². The first-order valence-electron chi connectivity index (χ1n) is 15.8. The number of carbonyl (C=O) groups is 3. The SMILES string of the molecule is CC(C)Nc1ncc(-c2cc(O)cc(NC(=O)OC(C)(C)C)c2)n(CC(=O)NCc2ccc(/C(N)=N/C(=O)OCc3ccccc3)cc2)c1=O. The molecule has 0 fully saturated rings. The van der Waals surface area contributed by atoms with Gasteiger partial charge in [-0.1, -0.05) is 54.6 Å². The number of nitrogens with two attached hydrogens (primary N) is 1. The number of phenolic OH excluding ortho intramolecular Hbond substituents is 1. The smallest absolute Gasteiger partial charge is 0.435 e. The zero-order chi connectivity index (χ0) is 36.4. The molecule has 0 saturated heterocycles. The lowest BCUT2D eigenvalue weighted by molar-refractivity contribution is -0.121. The van der Waals surface area contributed by atoms with E-state index in [1.807, 2.05) is 44.2 Å². The van der Waals surface area contributed by atoms with Crippen molar-refractivity contribution in [2.45, 2.75) is 66.0 Å². The average molecular weight is 684 g/mol. The molecule has 0 aliphatic carbocycles. The van der Waals surface area contributed by atoms with Gasteiger partial charge < -0.3 is 30.9 Å². The number of carbonyl (C=O) groups excluding carboxylic acids is 3. The molecule has 0 spiro atoms. The molecule has 0 radical (unpaired) electrons. The van der Waals surface area contributed by atoms with E-state index in [1.165, 1.54) is 29.0 Å². The molecular formula is C36H41N7O7. The Balaban J connectivity index is 1.47. The summed E-state index contributed by atoms with van der Waals surface area (Å²) in [5, 5.41) is 18.8. The van der Waals surface area contributed by atoms with E-state index in [4.69, 9.17) is 15.2 Å². The highest BCUT2D eigenvalue weighted by Gasteiger charge is 2.19. The van der Waals surface area contributed by atoms with Crippen LogP contribution in [-0.4, -0.2) is 50.2 Å². The number of ether oxygens (including phenoxy) is 2. The lowest BCUT2D eigenvalue weighted by Gasteiger charge is -2.20. The van der Waals surface area contributed by atoms with Gasteiger partial charge in [0.1, 0.15) is 30.3 Å². The fourth-order valence-corrected chi connectivity index (χ4v) is 4.61. The predicted molar refractivity (Wildman–Crippen MR) is 190 cm³/mol. The quantitative estimate of drug-likeness (QED) is 0.104. The molecule has 0 atom stereocenters. The molecule has 50 heavy (non-hydrogen) atoms. The lowest BCUT2D eigenvalue weighted by Crippen LogP contribution is -2.35. The number of anilines is 2. The van der Waals surface area contributed by atoms with Crippen molar-refractivity contribution in [3.63, 3.8) is 0 Å². The predicted octanol–water partition coefficient (Wildman–Crippen LogP) is 5.14. The molecule has 0 unspecified atom stereocenters. The maximum absolute atomic E-state index is 13.6. The van der Waals surface area contributed by atoms with E-state index in [0.29, 0.717) is 11.1 Å². The zero-order valence-corrected chi connectivity index (χ0v) is 28.5. The van der Waals surface area contributed by atoms with Crippen molar-refractivity contribution < 1.29 is 29.0 Å². The Bertz CT molecular complexity index is 1920. The molecule has 0 bridgehead atoms. The Hall–Kier alpha value is -6.18. The summed E-state index contributed by atoms with van der Waals surface area (Å²) in [5.41, 5.74) is 7.48. The topological polar surface area (TPSA) is 199 Å². The van der Waals surface area contributed by atoms with Crippen molar-refractivity contribution in [1.82, 2.24) is 14.9 Å². The summed E-state index contributed by atoms with van der Waals surface area (Å²) in [4.78, 5) is 59.3. The van der Waals surface area contributed by atoms with Gasteiger partial charge in [0.2, 0.25) is 5.91 Å². The molecule has 3 aromatic carbocycles. The average Bonchev–Trinajstić information content (AvgIpc) is 3.04. The Kier molecular flexibility index (Phi) is 11.9. The van der Waals surface area contributed by atoms with Crippen molar-refractivity contribution >= 4 is 35.4 Å². The highest BCUT2D eigenvalue weighted by atomic mass is 16.6. The zero-order valence-electron chi connectivity index (χ0n) is 28.5. The summed E-state index contributed by atoms with van der Waals surface area (Å²) in [7, 11) is 0. The standard InChI is InChI=1S/C36H41N7O7/c1-22(2)40-32-33(46)43(29(19-39-32)26-15-27(17-28(44)16-26)41-35(48)50-36(3,4)5)20-30(45)38-18-23-11-13-25(14-12-23)31(37)42-34(47)49-21-24-9-7-6-8-10-24/h6-17,19,22,44H,18,20-21H2,1-5H3,(H,38,45)(H,39,40)(H,41,48)(H2,37,42,47). The fourth-order valence-electron chi connectivity index (χ4n) is 4.61. The minimum atomic E-state index is -0.818. The molecule has 0 saturated carbocycles. The first kappa shape index (κ1) is 36.7. The van der Waals surface area contributed by atoms with Gasteiger partial charge in [-0.2, -0.15) is 4.99 Å². The summed E-state index contributed by atoms with van der Waals surface area (Å²) in [5.74, 6) is -0.652. The second-order valence-corrected chi connectivity index (χ2v) is 12.6. The van der Waals surface area contributed by atoms with E-state index >= 15 is 0 Å². The molecule has 0 aliphatic rings. The molecule has 4 aromatic rings. The van der Waals surface area contributed by atoms with Crippen LogP contribution in [0.15, 0.2) is 88.8 Å². The minimum Gasteiger partial charge on any atom is -0.508 e. The summed E-state index contributed by atoms with van der Waals surface area (Å²) in [6.45, 7) is 8.66. The number of aromatic hydroxyl groups is 1. The second-order valence-electron chi connectivity index (χ2n) is 12.6. The van der Waals surface area contributed by atoms with Crippen molar-refractivity contribution in [2.24, 2.45) is 10.7 Å².